The van der Waals surface area contributed by atoms with Gasteiger partial charge in [-0.15, -0.1) is 34.3 Å². The molecule has 1 unspecified atom stereocenters. The third-order valence-electron chi connectivity index (χ3n) is 2.94. The first-order valence-corrected chi connectivity index (χ1v) is 8.69. The summed E-state index contributed by atoms with van der Waals surface area (Å²) < 4.78 is 0.843. The van der Waals surface area contributed by atoms with Crippen LogP contribution in [0.25, 0.3) is 0 Å². The Morgan fingerprint density at radius 3 is 2.74 bits per heavy atom. The van der Waals surface area contributed by atoms with E-state index in [0.717, 1.165) is 28.0 Å². The standard InChI is InChI=1S/C13H16Cl2N2S2/c1-3-11(13-16-9(6-14)8-18-13)17(2)7-10-4-5-12(15)19-10/h4-5,8,11H,3,6-7H2,1-2H3. The average molecular weight is 335 g/mol. The van der Waals surface area contributed by atoms with Crippen molar-refractivity contribution in [3.8, 4) is 0 Å². The van der Waals surface area contributed by atoms with Gasteiger partial charge in [-0.2, -0.15) is 0 Å². The minimum Gasteiger partial charge on any atom is -0.292 e. The molecule has 0 saturated heterocycles. The molecule has 0 bridgehead atoms. The molecule has 2 aromatic rings. The number of rotatable bonds is 6. The predicted molar refractivity (Wildman–Crippen MR) is 85.5 cm³/mol. The van der Waals surface area contributed by atoms with Crippen molar-refractivity contribution in [2.45, 2.75) is 31.8 Å². The summed E-state index contributed by atoms with van der Waals surface area (Å²) in [6.07, 6.45) is 1.03. The minimum atomic E-state index is 0.336. The van der Waals surface area contributed by atoms with Gasteiger partial charge in [0.25, 0.3) is 0 Å². The van der Waals surface area contributed by atoms with Crippen LogP contribution in [0.4, 0.5) is 0 Å². The Morgan fingerprint density at radius 1 is 1.42 bits per heavy atom. The summed E-state index contributed by atoms with van der Waals surface area (Å²) in [7, 11) is 2.13. The molecule has 104 valence electrons. The van der Waals surface area contributed by atoms with Crippen LogP contribution in [0.2, 0.25) is 4.34 Å². The van der Waals surface area contributed by atoms with Gasteiger partial charge in [-0.25, -0.2) is 4.98 Å². The second kappa shape index (κ2) is 7.04. The van der Waals surface area contributed by atoms with Crippen LogP contribution >= 0.6 is 45.9 Å². The van der Waals surface area contributed by atoms with Gasteiger partial charge in [-0.1, -0.05) is 18.5 Å². The Labute approximate surface area is 132 Å². The zero-order valence-electron chi connectivity index (χ0n) is 10.9. The second-order valence-corrected chi connectivity index (χ2v) is 7.31. The largest absolute Gasteiger partial charge is 0.292 e. The lowest BCUT2D eigenvalue weighted by molar-refractivity contribution is 0.231. The summed E-state index contributed by atoms with van der Waals surface area (Å²) in [4.78, 5) is 8.19. The fourth-order valence-corrected chi connectivity index (χ4v) is 4.45. The number of hydrogen-bond acceptors (Lipinski definition) is 4. The van der Waals surface area contributed by atoms with Crippen molar-refractivity contribution in [3.05, 3.63) is 37.4 Å². The number of alkyl halides is 1. The number of halogens is 2. The maximum atomic E-state index is 5.97. The maximum absolute atomic E-state index is 5.97. The van der Waals surface area contributed by atoms with E-state index in [1.54, 1.807) is 22.7 Å². The molecule has 0 amide bonds. The van der Waals surface area contributed by atoms with Gasteiger partial charge < -0.3 is 0 Å². The van der Waals surface area contributed by atoms with E-state index in [4.69, 9.17) is 23.2 Å². The molecular weight excluding hydrogens is 319 g/mol. The quantitative estimate of drug-likeness (QED) is 0.676. The molecule has 2 heterocycles. The Bertz CT molecular complexity index is 524. The number of thiophene rings is 1. The number of nitrogens with zero attached hydrogens (tertiary/aromatic N) is 2. The van der Waals surface area contributed by atoms with Crippen LogP contribution in [0.5, 0.6) is 0 Å². The number of thiazole rings is 1. The average Bonchev–Trinajstić information content (AvgIpc) is 3.00. The molecule has 0 aliphatic rings. The molecule has 0 aromatic carbocycles. The number of hydrogen-bond donors (Lipinski definition) is 0. The summed E-state index contributed by atoms with van der Waals surface area (Å²) in [5, 5.41) is 3.18. The highest BCUT2D eigenvalue weighted by Gasteiger charge is 2.19. The zero-order chi connectivity index (χ0) is 13.8. The lowest BCUT2D eigenvalue weighted by atomic mass is 10.2. The van der Waals surface area contributed by atoms with E-state index >= 15 is 0 Å². The van der Waals surface area contributed by atoms with Crippen LogP contribution in [0.1, 0.15) is 35.0 Å². The third kappa shape index (κ3) is 3.92. The minimum absolute atomic E-state index is 0.336. The van der Waals surface area contributed by atoms with Crippen LogP contribution in [0.3, 0.4) is 0 Å². The van der Waals surface area contributed by atoms with Crippen molar-refractivity contribution in [2.24, 2.45) is 0 Å². The van der Waals surface area contributed by atoms with Gasteiger partial charge in [0.05, 0.1) is 22.0 Å². The van der Waals surface area contributed by atoms with Crippen molar-refractivity contribution >= 4 is 45.9 Å². The molecule has 0 aliphatic carbocycles. The molecule has 0 spiro atoms. The van der Waals surface area contributed by atoms with Gasteiger partial charge in [0.15, 0.2) is 0 Å². The normalized spacial score (nSPS) is 13.1. The Morgan fingerprint density at radius 2 is 2.21 bits per heavy atom. The lowest BCUT2D eigenvalue weighted by Crippen LogP contribution is -2.23. The summed E-state index contributed by atoms with van der Waals surface area (Å²) in [5.74, 6) is 0.483. The molecule has 2 aromatic heterocycles. The molecule has 2 rings (SSSR count). The van der Waals surface area contributed by atoms with Crippen molar-refractivity contribution in [1.82, 2.24) is 9.88 Å². The van der Waals surface area contributed by atoms with E-state index in [-0.39, 0.29) is 0 Å². The Kier molecular flexibility index (Phi) is 5.66. The zero-order valence-corrected chi connectivity index (χ0v) is 14.0. The van der Waals surface area contributed by atoms with E-state index in [1.165, 1.54) is 4.88 Å². The first-order valence-electron chi connectivity index (χ1n) is 6.08. The van der Waals surface area contributed by atoms with Gasteiger partial charge in [-0.05, 0) is 25.6 Å². The molecule has 2 nitrogen and oxygen atoms in total. The van der Waals surface area contributed by atoms with E-state index in [0.29, 0.717) is 11.9 Å². The molecule has 6 heteroatoms. The van der Waals surface area contributed by atoms with Gasteiger partial charge in [0, 0.05) is 16.8 Å². The molecule has 0 N–H and O–H groups in total. The fraction of sp³-hybridized carbons (Fsp3) is 0.462. The summed E-state index contributed by atoms with van der Waals surface area (Å²) in [6, 6.07) is 4.37. The monoisotopic (exact) mass is 334 g/mol. The Hall–Kier alpha value is -0.130. The van der Waals surface area contributed by atoms with E-state index in [1.807, 2.05) is 11.4 Å². The highest BCUT2D eigenvalue weighted by Crippen LogP contribution is 2.30. The highest BCUT2D eigenvalue weighted by molar-refractivity contribution is 7.16. The molecule has 0 saturated carbocycles. The van der Waals surface area contributed by atoms with Crippen LogP contribution in [-0.4, -0.2) is 16.9 Å². The van der Waals surface area contributed by atoms with Crippen LogP contribution in [0, 0.1) is 0 Å². The van der Waals surface area contributed by atoms with Gasteiger partial charge in [0.2, 0.25) is 0 Å². The van der Waals surface area contributed by atoms with Crippen LogP contribution in [-0.2, 0) is 12.4 Å². The summed E-state index contributed by atoms with van der Waals surface area (Å²) in [5.41, 5.74) is 0.965. The molecule has 1 atom stereocenters. The molecule has 19 heavy (non-hydrogen) atoms. The smallest absolute Gasteiger partial charge is 0.110 e. The molecule has 0 aliphatic heterocycles. The van der Waals surface area contributed by atoms with E-state index < -0.39 is 0 Å². The van der Waals surface area contributed by atoms with Crippen molar-refractivity contribution in [3.63, 3.8) is 0 Å². The lowest BCUT2D eigenvalue weighted by Gasteiger charge is -2.24. The first kappa shape index (κ1) is 15.3. The topological polar surface area (TPSA) is 16.1 Å². The SMILES string of the molecule is CCC(c1nc(CCl)cs1)N(C)Cc1ccc(Cl)s1. The Balaban J connectivity index is 2.08. The first-order chi connectivity index (χ1) is 9.13. The molecule has 0 fully saturated rings. The van der Waals surface area contributed by atoms with Crippen molar-refractivity contribution in [1.29, 1.82) is 0 Å². The third-order valence-corrected chi connectivity index (χ3v) is 5.43. The van der Waals surface area contributed by atoms with Crippen molar-refractivity contribution < 1.29 is 0 Å². The molecular formula is C13H16Cl2N2S2. The predicted octanol–water partition coefficient (Wildman–Crippen LogP) is 5.18. The fourth-order valence-electron chi connectivity index (χ4n) is 2.00. The highest BCUT2D eigenvalue weighted by atomic mass is 35.5. The van der Waals surface area contributed by atoms with Gasteiger partial charge in [0.1, 0.15) is 5.01 Å². The van der Waals surface area contributed by atoms with Gasteiger partial charge in [-0.3, -0.25) is 4.90 Å². The van der Waals surface area contributed by atoms with E-state index in [9.17, 15) is 0 Å². The second-order valence-electron chi connectivity index (χ2n) is 4.36. The van der Waals surface area contributed by atoms with Crippen LogP contribution in [0.15, 0.2) is 17.5 Å². The van der Waals surface area contributed by atoms with Gasteiger partial charge >= 0.3 is 0 Å². The molecule has 0 radical (unpaired) electrons. The number of aromatic nitrogens is 1. The maximum Gasteiger partial charge on any atom is 0.110 e. The van der Waals surface area contributed by atoms with E-state index in [2.05, 4.69) is 29.9 Å². The van der Waals surface area contributed by atoms with Crippen LogP contribution < -0.4 is 0 Å². The van der Waals surface area contributed by atoms with Crippen molar-refractivity contribution in [2.75, 3.05) is 7.05 Å². The summed E-state index contributed by atoms with van der Waals surface area (Å²) in [6.45, 7) is 3.08. The summed E-state index contributed by atoms with van der Waals surface area (Å²) >= 11 is 15.1.